The van der Waals surface area contributed by atoms with Gasteiger partial charge in [0, 0.05) is 20.7 Å². The van der Waals surface area contributed by atoms with E-state index in [1.807, 2.05) is 13.0 Å². The maximum atomic E-state index is 13.6. The van der Waals surface area contributed by atoms with Crippen LogP contribution >= 0.6 is 0 Å². The zero-order chi connectivity index (χ0) is 16.4. The molecule has 0 aliphatic rings. The van der Waals surface area contributed by atoms with Crippen LogP contribution in [-0.4, -0.2) is 46.5 Å². The molecule has 0 saturated heterocycles. The molecule has 6 heteroatoms. The van der Waals surface area contributed by atoms with Crippen LogP contribution in [0.3, 0.4) is 0 Å². The van der Waals surface area contributed by atoms with Crippen molar-refractivity contribution >= 4 is 5.96 Å². The van der Waals surface area contributed by atoms with E-state index in [1.165, 1.54) is 0 Å². The number of nitrogens with zero attached hydrogens (tertiary/aromatic N) is 1. The summed E-state index contributed by atoms with van der Waals surface area (Å²) in [6, 6.07) is 5.20. The predicted octanol–water partition coefficient (Wildman–Crippen LogP) is 2.02. The summed E-state index contributed by atoms with van der Waals surface area (Å²) < 4.78 is 23.9. The van der Waals surface area contributed by atoms with Crippen molar-refractivity contribution in [3.05, 3.63) is 35.1 Å². The van der Waals surface area contributed by atoms with E-state index in [2.05, 4.69) is 15.6 Å². The van der Waals surface area contributed by atoms with Gasteiger partial charge in [-0.25, -0.2) is 4.39 Å². The van der Waals surface area contributed by atoms with Gasteiger partial charge in [0.25, 0.3) is 0 Å². The molecule has 0 bridgehead atoms. The highest BCUT2D eigenvalue weighted by Gasteiger charge is 2.09. The molecule has 1 rings (SSSR count). The van der Waals surface area contributed by atoms with Gasteiger partial charge in [-0.05, 0) is 31.0 Å². The maximum Gasteiger partial charge on any atom is 0.191 e. The van der Waals surface area contributed by atoms with Crippen LogP contribution < -0.4 is 10.6 Å². The number of aryl methyl sites for hydroxylation is 1. The van der Waals surface area contributed by atoms with Crippen LogP contribution in [-0.2, 0) is 9.47 Å². The standard InChI is InChI=1S/C16H26FN3O2/c1-12-5-6-14(11-15(12)17)13(2)20-16(18-3)19-7-8-22-10-9-21-4/h5-6,11,13H,7-10H2,1-4H3,(H2,18,19,20). The minimum Gasteiger partial charge on any atom is -0.382 e. The number of guanidine groups is 1. The maximum absolute atomic E-state index is 13.6. The van der Waals surface area contributed by atoms with E-state index >= 15 is 0 Å². The van der Waals surface area contributed by atoms with Crippen LogP contribution in [0.2, 0.25) is 0 Å². The van der Waals surface area contributed by atoms with E-state index < -0.39 is 0 Å². The van der Waals surface area contributed by atoms with Crippen LogP contribution in [0.5, 0.6) is 0 Å². The van der Waals surface area contributed by atoms with Crippen molar-refractivity contribution < 1.29 is 13.9 Å². The van der Waals surface area contributed by atoms with Crippen molar-refractivity contribution in [1.29, 1.82) is 0 Å². The average molecular weight is 311 g/mol. The third-order valence-electron chi connectivity index (χ3n) is 3.24. The van der Waals surface area contributed by atoms with Crippen LogP contribution in [0.1, 0.15) is 24.1 Å². The van der Waals surface area contributed by atoms with E-state index in [0.29, 0.717) is 37.9 Å². The largest absolute Gasteiger partial charge is 0.382 e. The molecule has 1 atom stereocenters. The molecule has 1 aromatic carbocycles. The summed E-state index contributed by atoms with van der Waals surface area (Å²) in [5.41, 5.74) is 1.52. The van der Waals surface area contributed by atoms with Crippen molar-refractivity contribution in [2.45, 2.75) is 19.9 Å². The Labute approximate surface area is 131 Å². The minimum atomic E-state index is -0.194. The average Bonchev–Trinajstić information content (AvgIpc) is 2.51. The molecular formula is C16H26FN3O2. The zero-order valence-corrected chi connectivity index (χ0v) is 13.8. The monoisotopic (exact) mass is 311 g/mol. The molecule has 0 heterocycles. The molecule has 0 aliphatic heterocycles. The molecule has 0 aromatic heterocycles. The summed E-state index contributed by atoms with van der Waals surface area (Å²) in [5.74, 6) is 0.462. The number of hydrogen-bond acceptors (Lipinski definition) is 3. The Morgan fingerprint density at radius 3 is 2.73 bits per heavy atom. The lowest BCUT2D eigenvalue weighted by molar-refractivity contribution is 0.0733. The molecule has 1 unspecified atom stereocenters. The van der Waals surface area contributed by atoms with Gasteiger partial charge in [0.1, 0.15) is 5.82 Å². The summed E-state index contributed by atoms with van der Waals surface area (Å²) in [5, 5.41) is 6.38. The Bertz CT molecular complexity index is 480. The van der Waals surface area contributed by atoms with Gasteiger partial charge in [0.05, 0.1) is 25.9 Å². The highest BCUT2D eigenvalue weighted by atomic mass is 19.1. The normalized spacial score (nSPS) is 13.0. The van der Waals surface area contributed by atoms with Crippen molar-refractivity contribution in [3.8, 4) is 0 Å². The molecule has 0 radical (unpaired) electrons. The van der Waals surface area contributed by atoms with Crippen molar-refractivity contribution in [2.24, 2.45) is 4.99 Å². The molecular weight excluding hydrogens is 285 g/mol. The SMILES string of the molecule is CN=C(NCCOCCOC)NC(C)c1ccc(C)c(F)c1. The second-order valence-electron chi connectivity index (χ2n) is 4.98. The first-order valence-corrected chi connectivity index (χ1v) is 7.38. The third kappa shape index (κ3) is 6.41. The van der Waals surface area contributed by atoms with E-state index in [9.17, 15) is 4.39 Å². The Morgan fingerprint density at radius 2 is 2.09 bits per heavy atom. The quantitative estimate of drug-likeness (QED) is 0.438. The summed E-state index contributed by atoms with van der Waals surface area (Å²) in [7, 11) is 3.34. The minimum absolute atomic E-state index is 0.0456. The smallest absolute Gasteiger partial charge is 0.191 e. The Kier molecular flexibility index (Phi) is 8.47. The summed E-state index contributed by atoms with van der Waals surface area (Å²) in [6.07, 6.45) is 0. The number of rotatable bonds is 8. The molecule has 0 saturated carbocycles. The fourth-order valence-electron chi connectivity index (χ4n) is 1.85. The van der Waals surface area contributed by atoms with Gasteiger partial charge in [-0.2, -0.15) is 0 Å². The number of methoxy groups -OCH3 is 1. The van der Waals surface area contributed by atoms with Gasteiger partial charge in [0.2, 0.25) is 0 Å². The molecule has 0 aliphatic carbocycles. The van der Waals surface area contributed by atoms with Crippen LogP contribution in [0.25, 0.3) is 0 Å². The van der Waals surface area contributed by atoms with Crippen molar-refractivity contribution in [3.63, 3.8) is 0 Å². The van der Waals surface area contributed by atoms with Crippen LogP contribution in [0.15, 0.2) is 23.2 Å². The molecule has 1 aromatic rings. The number of nitrogens with one attached hydrogen (secondary N) is 2. The lowest BCUT2D eigenvalue weighted by Crippen LogP contribution is -2.40. The highest BCUT2D eigenvalue weighted by molar-refractivity contribution is 5.80. The van der Waals surface area contributed by atoms with Crippen LogP contribution in [0, 0.1) is 12.7 Å². The summed E-state index contributed by atoms with van der Waals surface area (Å²) in [4.78, 5) is 4.15. The van der Waals surface area contributed by atoms with Gasteiger partial charge in [-0.1, -0.05) is 12.1 Å². The summed E-state index contributed by atoms with van der Waals surface area (Å²) >= 11 is 0. The zero-order valence-electron chi connectivity index (χ0n) is 13.8. The second kappa shape index (κ2) is 10.1. The molecule has 0 fully saturated rings. The number of hydrogen-bond donors (Lipinski definition) is 2. The third-order valence-corrected chi connectivity index (χ3v) is 3.24. The molecule has 124 valence electrons. The Hall–Kier alpha value is -1.66. The Morgan fingerprint density at radius 1 is 1.32 bits per heavy atom. The second-order valence-corrected chi connectivity index (χ2v) is 4.98. The number of benzene rings is 1. The van der Waals surface area contributed by atoms with Crippen molar-refractivity contribution in [2.75, 3.05) is 40.5 Å². The lowest BCUT2D eigenvalue weighted by atomic mass is 10.1. The Balaban J connectivity index is 2.40. The van der Waals surface area contributed by atoms with E-state index in [-0.39, 0.29) is 11.9 Å². The topological polar surface area (TPSA) is 54.9 Å². The first kappa shape index (κ1) is 18.4. The van der Waals surface area contributed by atoms with Crippen LogP contribution in [0.4, 0.5) is 4.39 Å². The molecule has 22 heavy (non-hydrogen) atoms. The van der Waals surface area contributed by atoms with Gasteiger partial charge in [-0.3, -0.25) is 4.99 Å². The first-order chi connectivity index (χ1) is 10.6. The lowest BCUT2D eigenvalue weighted by Gasteiger charge is -2.18. The fourth-order valence-corrected chi connectivity index (χ4v) is 1.85. The van der Waals surface area contributed by atoms with Gasteiger partial charge < -0.3 is 20.1 Å². The van der Waals surface area contributed by atoms with Crippen molar-refractivity contribution in [1.82, 2.24) is 10.6 Å². The van der Waals surface area contributed by atoms with E-state index in [4.69, 9.17) is 9.47 Å². The summed E-state index contributed by atoms with van der Waals surface area (Å²) in [6.45, 7) is 6.08. The van der Waals surface area contributed by atoms with Gasteiger partial charge >= 0.3 is 0 Å². The molecule has 5 nitrogen and oxygen atoms in total. The molecule has 0 amide bonds. The number of halogens is 1. The van der Waals surface area contributed by atoms with Gasteiger partial charge in [-0.15, -0.1) is 0 Å². The number of ether oxygens (including phenoxy) is 2. The molecule has 0 spiro atoms. The molecule has 2 N–H and O–H groups in total. The van der Waals surface area contributed by atoms with E-state index in [1.54, 1.807) is 33.2 Å². The highest BCUT2D eigenvalue weighted by Crippen LogP contribution is 2.16. The first-order valence-electron chi connectivity index (χ1n) is 7.38. The van der Waals surface area contributed by atoms with E-state index in [0.717, 1.165) is 5.56 Å². The fraction of sp³-hybridized carbons (Fsp3) is 0.562. The number of aliphatic imine (C=N–C) groups is 1. The predicted molar refractivity (Wildman–Crippen MR) is 86.7 cm³/mol. The van der Waals surface area contributed by atoms with Gasteiger partial charge in [0.15, 0.2) is 5.96 Å².